The van der Waals surface area contributed by atoms with Crippen LogP contribution in [0.5, 0.6) is 0 Å². The van der Waals surface area contributed by atoms with Crippen LogP contribution in [-0.4, -0.2) is 22.0 Å². The molecule has 0 radical (unpaired) electrons. The van der Waals surface area contributed by atoms with Crippen molar-refractivity contribution in [2.45, 2.75) is 39.5 Å². The SMILES string of the molecule is CCCC[C@H](C(=O)O)[C@@H](C)CC(=O)Nc1nc(-c2ccccc2)cs1. The van der Waals surface area contributed by atoms with Crippen LogP contribution in [0.2, 0.25) is 0 Å². The molecule has 134 valence electrons. The van der Waals surface area contributed by atoms with Gasteiger partial charge in [0, 0.05) is 17.4 Å². The van der Waals surface area contributed by atoms with E-state index in [2.05, 4.69) is 10.3 Å². The normalized spacial score (nSPS) is 13.2. The number of hydrogen-bond acceptors (Lipinski definition) is 4. The number of amides is 1. The maximum atomic E-state index is 12.2. The summed E-state index contributed by atoms with van der Waals surface area (Å²) in [6.07, 6.45) is 2.59. The minimum absolute atomic E-state index is 0.181. The fraction of sp³-hybridized carbons (Fsp3) is 0.421. The minimum atomic E-state index is -0.825. The molecule has 0 fully saturated rings. The number of benzene rings is 1. The zero-order chi connectivity index (χ0) is 18.2. The van der Waals surface area contributed by atoms with Gasteiger partial charge in [0.1, 0.15) is 0 Å². The number of carboxylic acid groups (broad SMARTS) is 1. The first kappa shape index (κ1) is 19.1. The average Bonchev–Trinajstić information content (AvgIpc) is 3.04. The van der Waals surface area contributed by atoms with Gasteiger partial charge in [0.05, 0.1) is 11.6 Å². The van der Waals surface area contributed by atoms with E-state index in [-0.39, 0.29) is 18.2 Å². The fourth-order valence-corrected chi connectivity index (χ4v) is 3.49. The Balaban J connectivity index is 1.93. The molecule has 0 aliphatic heterocycles. The quantitative estimate of drug-likeness (QED) is 0.681. The maximum absolute atomic E-state index is 12.2. The van der Waals surface area contributed by atoms with Gasteiger partial charge in [-0.1, -0.05) is 57.0 Å². The lowest BCUT2D eigenvalue weighted by Crippen LogP contribution is -2.26. The van der Waals surface area contributed by atoms with E-state index < -0.39 is 11.9 Å². The molecule has 0 spiro atoms. The van der Waals surface area contributed by atoms with Crippen molar-refractivity contribution >= 4 is 28.3 Å². The Labute approximate surface area is 152 Å². The van der Waals surface area contributed by atoms with E-state index in [1.165, 1.54) is 11.3 Å². The van der Waals surface area contributed by atoms with Gasteiger partial charge in [0.25, 0.3) is 0 Å². The summed E-state index contributed by atoms with van der Waals surface area (Å²) < 4.78 is 0. The van der Waals surface area contributed by atoms with E-state index in [1.807, 2.05) is 49.6 Å². The molecule has 2 aromatic rings. The van der Waals surface area contributed by atoms with Gasteiger partial charge in [-0.2, -0.15) is 0 Å². The third-order valence-corrected chi connectivity index (χ3v) is 4.96. The van der Waals surface area contributed by atoms with E-state index >= 15 is 0 Å². The molecule has 5 nitrogen and oxygen atoms in total. The predicted molar refractivity (Wildman–Crippen MR) is 101 cm³/mol. The summed E-state index contributed by atoms with van der Waals surface area (Å²) in [5.41, 5.74) is 1.82. The molecule has 0 saturated heterocycles. The molecule has 6 heteroatoms. The third-order valence-electron chi connectivity index (χ3n) is 4.20. The molecule has 2 N–H and O–H groups in total. The zero-order valence-electron chi connectivity index (χ0n) is 14.6. The van der Waals surface area contributed by atoms with Crippen LogP contribution in [0.25, 0.3) is 11.3 Å². The molecule has 1 aromatic heterocycles. The van der Waals surface area contributed by atoms with Gasteiger partial charge in [-0.3, -0.25) is 9.59 Å². The summed E-state index contributed by atoms with van der Waals surface area (Å²) in [4.78, 5) is 28.1. The summed E-state index contributed by atoms with van der Waals surface area (Å²) in [5, 5.41) is 14.6. The van der Waals surface area contributed by atoms with Gasteiger partial charge in [-0.15, -0.1) is 11.3 Å². The standard InChI is InChI=1S/C19H24N2O3S/c1-3-4-10-15(18(23)24)13(2)11-17(22)21-19-20-16(12-25-19)14-8-6-5-7-9-14/h5-9,12-13,15H,3-4,10-11H2,1-2H3,(H,23,24)(H,20,21,22)/t13-,15-/m0/s1. The summed E-state index contributed by atoms with van der Waals surface area (Å²) in [5.74, 6) is -1.71. The lowest BCUT2D eigenvalue weighted by atomic mass is 9.87. The molecule has 0 saturated carbocycles. The number of carbonyl (C=O) groups excluding carboxylic acids is 1. The van der Waals surface area contributed by atoms with E-state index in [0.29, 0.717) is 11.6 Å². The number of aromatic nitrogens is 1. The molecule has 1 heterocycles. The summed E-state index contributed by atoms with van der Waals surface area (Å²) in [6, 6.07) is 9.76. The molecule has 0 aliphatic carbocycles. The van der Waals surface area contributed by atoms with Crippen LogP contribution in [-0.2, 0) is 9.59 Å². The van der Waals surface area contributed by atoms with Crippen LogP contribution >= 0.6 is 11.3 Å². The van der Waals surface area contributed by atoms with Gasteiger partial charge in [0.15, 0.2) is 5.13 Å². The highest BCUT2D eigenvalue weighted by Gasteiger charge is 2.26. The van der Waals surface area contributed by atoms with E-state index in [0.717, 1.165) is 24.1 Å². The van der Waals surface area contributed by atoms with Crippen molar-refractivity contribution < 1.29 is 14.7 Å². The Morgan fingerprint density at radius 2 is 2.00 bits per heavy atom. The smallest absolute Gasteiger partial charge is 0.306 e. The maximum Gasteiger partial charge on any atom is 0.306 e. The van der Waals surface area contributed by atoms with Crippen LogP contribution in [0.3, 0.4) is 0 Å². The van der Waals surface area contributed by atoms with E-state index in [1.54, 1.807) is 0 Å². The van der Waals surface area contributed by atoms with Crippen LogP contribution in [0, 0.1) is 11.8 Å². The number of nitrogens with zero attached hydrogens (tertiary/aromatic N) is 1. The van der Waals surface area contributed by atoms with E-state index in [9.17, 15) is 14.7 Å². The molecule has 0 bridgehead atoms. The monoisotopic (exact) mass is 360 g/mol. The Hall–Kier alpha value is -2.21. The molecular weight excluding hydrogens is 336 g/mol. The first-order valence-electron chi connectivity index (χ1n) is 8.54. The molecule has 0 aliphatic rings. The number of thiazole rings is 1. The Kier molecular flexibility index (Phi) is 7.13. The second-order valence-electron chi connectivity index (χ2n) is 6.22. The van der Waals surface area contributed by atoms with Gasteiger partial charge in [0.2, 0.25) is 5.91 Å². The van der Waals surface area contributed by atoms with Crippen LogP contribution < -0.4 is 5.32 Å². The number of nitrogens with one attached hydrogen (secondary N) is 1. The molecule has 1 aromatic carbocycles. The number of rotatable bonds is 9. The fourth-order valence-electron chi connectivity index (χ4n) is 2.75. The molecule has 1 amide bonds. The van der Waals surface area contributed by atoms with Crippen molar-refractivity contribution in [3.05, 3.63) is 35.7 Å². The van der Waals surface area contributed by atoms with Crippen LogP contribution in [0.4, 0.5) is 5.13 Å². The van der Waals surface area contributed by atoms with E-state index in [4.69, 9.17) is 0 Å². The van der Waals surface area contributed by atoms with Crippen LogP contribution in [0.1, 0.15) is 39.5 Å². The molecule has 2 rings (SSSR count). The largest absolute Gasteiger partial charge is 0.481 e. The molecule has 0 unspecified atom stereocenters. The van der Waals surface area contributed by atoms with Crippen molar-refractivity contribution in [2.24, 2.45) is 11.8 Å². The number of unbranched alkanes of at least 4 members (excludes halogenated alkanes) is 1. The highest BCUT2D eigenvalue weighted by atomic mass is 32.1. The van der Waals surface area contributed by atoms with Crippen molar-refractivity contribution in [2.75, 3.05) is 5.32 Å². The Morgan fingerprint density at radius 1 is 1.28 bits per heavy atom. The topological polar surface area (TPSA) is 79.3 Å². The number of carbonyl (C=O) groups is 2. The number of carboxylic acids is 1. The second-order valence-corrected chi connectivity index (χ2v) is 7.08. The first-order chi connectivity index (χ1) is 12.0. The van der Waals surface area contributed by atoms with Crippen molar-refractivity contribution in [1.82, 2.24) is 4.98 Å². The van der Waals surface area contributed by atoms with Gasteiger partial charge >= 0.3 is 5.97 Å². The number of aliphatic carboxylic acids is 1. The van der Waals surface area contributed by atoms with Gasteiger partial charge in [-0.25, -0.2) is 4.98 Å². The Bertz CT molecular complexity index is 700. The molecule has 2 atom stereocenters. The number of anilines is 1. The molecule has 25 heavy (non-hydrogen) atoms. The highest BCUT2D eigenvalue weighted by molar-refractivity contribution is 7.14. The lowest BCUT2D eigenvalue weighted by Gasteiger charge is -2.19. The van der Waals surface area contributed by atoms with Crippen LogP contribution in [0.15, 0.2) is 35.7 Å². The third kappa shape index (κ3) is 5.67. The van der Waals surface area contributed by atoms with Crippen molar-refractivity contribution in [3.8, 4) is 11.3 Å². The van der Waals surface area contributed by atoms with Gasteiger partial charge in [-0.05, 0) is 12.3 Å². The van der Waals surface area contributed by atoms with Crippen molar-refractivity contribution in [1.29, 1.82) is 0 Å². The zero-order valence-corrected chi connectivity index (χ0v) is 15.4. The minimum Gasteiger partial charge on any atom is -0.481 e. The predicted octanol–water partition coefficient (Wildman–Crippen LogP) is 4.67. The summed E-state index contributed by atoms with van der Waals surface area (Å²) in [7, 11) is 0. The average molecular weight is 360 g/mol. The van der Waals surface area contributed by atoms with Gasteiger partial charge < -0.3 is 10.4 Å². The lowest BCUT2D eigenvalue weighted by molar-refractivity contribution is -0.144. The highest BCUT2D eigenvalue weighted by Crippen LogP contribution is 2.26. The Morgan fingerprint density at radius 3 is 2.64 bits per heavy atom. The molecular formula is C19H24N2O3S. The number of hydrogen-bond donors (Lipinski definition) is 2. The first-order valence-corrected chi connectivity index (χ1v) is 9.42. The van der Waals surface area contributed by atoms with Crippen molar-refractivity contribution in [3.63, 3.8) is 0 Å². The summed E-state index contributed by atoms with van der Waals surface area (Å²) in [6.45, 7) is 3.86. The second kappa shape index (κ2) is 9.32. The summed E-state index contributed by atoms with van der Waals surface area (Å²) >= 11 is 1.37.